The maximum Gasteiger partial charge on any atom is 0.168 e. The van der Waals surface area contributed by atoms with E-state index in [0.29, 0.717) is 28.2 Å². The zero-order valence-corrected chi connectivity index (χ0v) is 20.3. The summed E-state index contributed by atoms with van der Waals surface area (Å²) in [5.41, 5.74) is 2.25. The van der Waals surface area contributed by atoms with Gasteiger partial charge in [-0.15, -0.1) is 0 Å². The standard InChI is InChI=1S/C24H28Cl2FN5O/c1-3-8-29-24-21(33-15(2)22-19(25)4-5-20(27)23(22)26)11-16(12-30-24)17-13-31-32(14-17)18-6-9-28-10-7-18/h4-5,11-15,18,28H,3,6-10H2,1-2H3,(H,29,30). The molecule has 3 heterocycles. The van der Waals surface area contributed by atoms with Gasteiger partial charge in [0.15, 0.2) is 11.6 Å². The molecule has 2 N–H and O–H groups in total. The van der Waals surface area contributed by atoms with Crippen LogP contribution in [0.5, 0.6) is 5.75 Å². The van der Waals surface area contributed by atoms with Gasteiger partial charge >= 0.3 is 0 Å². The number of piperidine rings is 1. The van der Waals surface area contributed by atoms with E-state index >= 15 is 0 Å². The van der Waals surface area contributed by atoms with Crippen molar-refractivity contribution in [2.24, 2.45) is 0 Å². The van der Waals surface area contributed by atoms with Crippen LogP contribution in [0, 0.1) is 5.82 Å². The Hall–Kier alpha value is -2.35. The predicted octanol–water partition coefficient (Wildman–Crippen LogP) is 6.28. The first-order valence-electron chi connectivity index (χ1n) is 11.3. The topological polar surface area (TPSA) is 64.0 Å². The molecule has 1 aliphatic heterocycles. The average molecular weight is 492 g/mol. The van der Waals surface area contributed by atoms with E-state index in [1.807, 2.05) is 16.9 Å². The van der Waals surface area contributed by atoms with Crippen LogP contribution >= 0.6 is 23.2 Å². The van der Waals surface area contributed by atoms with E-state index in [4.69, 9.17) is 27.9 Å². The molecule has 3 aromatic rings. The van der Waals surface area contributed by atoms with Gasteiger partial charge in [-0.05, 0) is 57.5 Å². The van der Waals surface area contributed by atoms with Crippen molar-refractivity contribution < 1.29 is 9.13 Å². The molecule has 0 bridgehead atoms. The van der Waals surface area contributed by atoms with Gasteiger partial charge < -0.3 is 15.4 Å². The minimum atomic E-state index is -0.586. The highest BCUT2D eigenvalue weighted by Gasteiger charge is 2.21. The van der Waals surface area contributed by atoms with Gasteiger partial charge in [-0.2, -0.15) is 5.10 Å². The van der Waals surface area contributed by atoms with Crippen LogP contribution in [0.15, 0.2) is 36.8 Å². The summed E-state index contributed by atoms with van der Waals surface area (Å²) < 4.78 is 22.3. The van der Waals surface area contributed by atoms with Gasteiger partial charge in [0.2, 0.25) is 0 Å². The lowest BCUT2D eigenvalue weighted by molar-refractivity contribution is 0.227. The molecule has 1 unspecified atom stereocenters. The van der Waals surface area contributed by atoms with Crippen LogP contribution in [0.3, 0.4) is 0 Å². The van der Waals surface area contributed by atoms with Crippen molar-refractivity contribution in [2.75, 3.05) is 25.0 Å². The number of ether oxygens (including phenoxy) is 1. The van der Waals surface area contributed by atoms with E-state index in [9.17, 15) is 4.39 Å². The van der Waals surface area contributed by atoms with Gasteiger partial charge in [-0.25, -0.2) is 9.37 Å². The van der Waals surface area contributed by atoms with Crippen LogP contribution in [0.4, 0.5) is 10.2 Å². The van der Waals surface area contributed by atoms with Gasteiger partial charge in [0.25, 0.3) is 0 Å². The number of nitrogens with one attached hydrogen (secondary N) is 2. The van der Waals surface area contributed by atoms with Gasteiger partial charge in [0.05, 0.1) is 17.3 Å². The molecule has 0 spiro atoms. The quantitative estimate of drug-likeness (QED) is 0.363. The number of nitrogens with zero attached hydrogens (tertiary/aromatic N) is 3. The Morgan fingerprint density at radius 3 is 2.79 bits per heavy atom. The largest absolute Gasteiger partial charge is 0.482 e. The molecule has 176 valence electrons. The molecule has 1 atom stereocenters. The highest BCUT2D eigenvalue weighted by Crippen LogP contribution is 2.37. The molecule has 4 rings (SSSR count). The molecule has 0 radical (unpaired) electrons. The third kappa shape index (κ3) is 5.42. The molecular weight excluding hydrogens is 464 g/mol. The molecule has 0 saturated carbocycles. The molecule has 2 aromatic heterocycles. The van der Waals surface area contributed by atoms with Crippen LogP contribution in [-0.2, 0) is 0 Å². The van der Waals surface area contributed by atoms with Gasteiger partial charge in [0.1, 0.15) is 11.9 Å². The summed E-state index contributed by atoms with van der Waals surface area (Å²) in [4.78, 5) is 4.60. The number of benzene rings is 1. The van der Waals surface area contributed by atoms with Crippen molar-refractivity contribution in [2.45, 2.75) is 45.3 Å². The van der Waals surface area contributed by atoms with Gasteiger partial charge in [-0.1, -0.05) is 30.1 Å². The molecule has 1 aliphatic rings. The Morgan fingerprint density at radius 2 is 2.03 bits per heavy atom. The second kappa shape index (κ2) is 10.7. The van der Waals surface area contributed by atoms with Crippen LogP contribution in [0.2, 0.25) is 10.0 Å². The first-order valence-corrected chi connectivity index (χ1v) is 12.0. The number of pyridine rings is 1. The average Bonchev–Trinajstić information content (AvgIpc) is 3.32. The lowest BCUT2D eigenvalue weighted by Crippen LogP contribution is -2.29. The normalized spacial score (nSPS) is 15.4. The van der Waals surface area contributed by atoms with E-state index < -0.39 is 11.9 Å². The van der Waals surface area contributed by atoms with Crippen molar-refractivity contribution in [3.05, 3.63) is 58.2 Å². The monoisotopic (exact) mass is 491 g/mol. The number of aromatic nitrogens is 3. The molecular formula is C24H28Cl2FN5O. The second-order valence-corrected chi connectivity index (χ2v) is 8.99. The Bertz CT molecular complexity index is 1100. The van der Waals surface area contributed by atoms with E-state index in [2.05, 4.69) is 33.8 Å². The lowest BCUT2D eigenvalue weighted by atomic mass is 10.1. The van der Waals surface area contributed by atoms with Crippen molar-refractivity contribution in [1.29, 1.82) is 0 Å². The smallest absolute Gasteiger partial charge is 0.168 e. The molecule has 1 aromatic carbocycles. The molecule has 1 fully saturated rings. The highest BCUT2D eigenvalue weighted by atomic mass is 35.5. The van der Waals surface area contributed by atoms with Crippen molar-refractivity contribution in [1.82, 2.24) is 20.1 Å². The second-order valence-electron chi connectivity index (χ2n) is 8.20. The number of hydrogen-bond acceptors (Lipinski definition) is 5. The summed E-state index contributed by atoms with van der Waals surface area (Å²) in [7, 11) is 0. The first-order chi connectivity index (χ1) is 16.0. The fourth-order valence-electron chi connectivity index (χ4n) is 3.99. The summed E-state index contributed by atoms with van der Waals surface area (Å²) >= 11 is 12.5. The predicted molar refractivity (Wildman–Crippen MR) is 131 cm³/mol. The maximum atomic E-state index is 14.1. The molecule has 9 heteroatoms. The van der Waals surface area contributed by atoms with Crippen molar-refractivity contribution in [3.8, 4) is 16.9 Å². The summed E-state index contributed by atoms with van der Waals surface area (Å²) in [6.45, 7) is 6.61. The Morgan fingerprint density at radius 1 is 1.24 bits per heavy atom. The fourth-order valence-corrected chi connectivity index (χ4v) is 4.67. The van der Waals surface area contributed by atoms with Crippen molar-refractivity contribution in [3.63, 3.8) is 0 Å². The van der Waals surface area contributed by atoms with E-state index in [1.54, 1.807) is 13.1 Å². The number of hydrogen-bond donors (Lipinski definition) is 2. The van der Waals surface area contributed by atoms with Crippen LogP contribution in [0.1, 0.15) is 50.8 Å². The third-order valence-corrected chi connectivity index (χ3v) is 6.52. The molecule has 0 amide bonds. The first kappa shape index (κ1) is 23.8. The zero-order chi connectivity index (χ0) is 23.4. The minimum absolute atomic E-state index is 0.0366. The van der Waals surface area contributed by atoms with E-state index in [-0.39, 0.29) is 5.02 Å². The number of anilines is 1. The minimum Gasteiger partial charge on any atom is -0.482 e. The number of rotatable bonds is 8. The van der Waals surface area contributed by atoms with E-state index in [0.717, 1.165) is 50.0 Å². The molecule has 0 aliphatic carbocycles. The molecule has 6 nitrogen and oxygen atoms in total. The molecule has 1 saturated heterocycles. The summed E-state index contributed by atoms with van der Waals surface area (Å²) in [5.74, 6) is 0.620. The Balaban J connectivity index is 1.63. The summed E-state index contributed by atoms with van der Waals surface area (Å²) in [6.07, 6.45) is 8.17. The molecule has 33 heavy (non-hydrogen) atoms. The third-order valence-electron chi connectivity index (χ3n) is 5.80. The van der Waals surface area contributed by atoms with Crippen molar-refractivity contribution >= 4 is 29.0 Å². The van der Waals surface area contributed by atoms with E-state index in [1.165, 1.54) is 12.1 Å². The SMILES string of the molecule is CCCNc1ncc(-c2cnn(C3CCNCC3)c2)cc1OC(C)c1c(Cl)ccc(F)c1Cl. The highest BCUT2D eigenvalue weighted by molar-refractivity contribution is 6.36. The van der Waals surface area contributed by atoms with Crippen LogP contribution in [-0.4, -0.2) is 34.4 Å². The lowest BCUT2D eigenvalue weighted by Gasteiger charge is -2.22. The zero-order valence-electron chi connectivity index (χ0n) is 18.7. The van der Waals surface area contributed by atoms with Crippen LogP contribution < -0.4 is 15.4 Å². The fraction of sp³-hybridized carbons (Fsp3) is 0.417. The van der Waals surface area contributed by atoms with Gasteiger partial charge in [-0.3, -0.25) is 4.68 Å². The maximum absolute atomic E-state index is 14.1. The van der Waals surface area contributed by atoms with Crippen LogP contribution in [0.25, 0.3) is 11.1 Å². The Labute approximate surface area is 203 Å². The summed E-state index contributed by atoms with van der Waals surface area (Å²) in [6, 6.07) is 5.05. The Kier molecular flexibility index (Phi) is 7.73. The summed E-state index contributed by atoms with van der Waals surface area (Å²) in [5, 5.41) is 11.6. The van der Waals surface area contributed by atoms with Gasteiger partial charge in [0, 0.05) is 40.7 Å². The number of halogens is 3.